The molecule has 0 amide bonds. The van der Waals surface area contributed by atoms with E-state index in [1.165, 1.54) is 14.2 Å². The topological polar surface area (TPSA) is 27.7 Å². The second kappa shape index (κ2) is 4.71. The molecule has 0 aromatic rings. The highest BCUT2D eigenvalue weighted by Crippen LogP contribution is 2.55. The van der Waals surface area contributed by atoms with Gasteiger partial charge in [-0.1, -0.05) is 6.58 Å². The minimum Gasteiger partial charge on any atom is -0.541 e. The number of rotatable bonds is 5. The summed E-state index contributed by atoms with van der Waals surface area (Å²) in [7, 11) is 1.37. The van der Waals surface area contributed by atoms with E-state index in [0.717, 1.165) is 0 Å². The molecule has 0 fully saturated rings. The van der Waals surface area contributed by atoms with Gasteiger partial charge in [-0.05, 0) is 31.4 Å². The smallest absolute Gasteiger partial charge is 0.251 e. The molecule has 13 heavy (non-hydrogen) atoms. The molecule has 0 rings (SSSR count). The quantitative estimate of drug-likeness (QED) is 0.419. The summed E-state index contributed by atoms with van der Waals surface area (Å²) in [5.74, 6) is 0. The third kappa shape index (κ3) is 4.38. The SMILES string of the molecule is C=C(O[Si](C)(C)C)P(=S)(OC)OC. The Labute approximate surface area is 86.4 Å². The Morgan fingerprint density at radius 3 is 1.85 bits per heavy atom. The van der Waals surface area contributed by atoms with Gasteiger partial charge in [-0.3, -0.25) is 0 Å². The van der Waals surface area contributed by atoms with Gasteiger partial charge in [-0.15, -0.1) is 0 Å². The minimum absolute atomic E-state index is 0.465. The predicted octanol–water partition coefficient (Wildman–Crippen LogP) is 2.91. The number of hydrogen-bond acceptors (Lipinski definition) is 4. The highest BCUT2D eigenvalue weighted by atomic mass is 32.5. The van der Waals surface area contributed by atoms with E-state index in [0.29, 0.717) is 5.50 Å². The Hall–Kier alpha value is 0.327. The van der Waals surface area contributed by atoms with E-state index >= 15 is 0 Å². The summed E-state index contributed by atoms with van der Waals surface area (Å²) in [6, 6.07) is 0. The van der Waals surface area contributed by atoms with Crippen molar-refractivity contribution in [1.82, 2.24) is 0 Å². The highest BCUT2D eigenvalue weighted by molar-refractivity contribution is 8.11. The van der Waals surface area contributed by atoms with Crippen molar-refractivity contribution in [3.05, 3.63) is 12.1 Å². The van der Waals surface area contributed by atoms with Crippen molar-refractivity contribution in [2.45, 2.75) is 19.6 Å². The van der Waals surface area contributed by atoms with E-state index in [1.807, 2.05) is 0 Å². The molecule has 78 valence electrons. The molecule has 0 saturated carbocycles. The van der Waals surface area contributed by atoms with Gasteiger partial charge in [0, 0.05) is 14.2 Å². The first-order chi connectivity index (χ1) is 5.75. The highest BCUT2D eigenvalue weighted by Gasteiger charge is 2.27. The zero-order chi connectivity index (χ0) is 10.7. The maximum atomic E-state index is 5.62. The Kier molecular flexibility index (Phi) is 4.83. The zero-order valence-corrected chi connectivity index (χ0v) is 11.5. The van der Waals surface area contributed by atoms with E-state index in [1.54, 1.807) is 0 Å². The Balaban J connectivity index is 4.51. The Morgan fingerprint density at radius 2 is 1.62 bits per heavy atom. The summed E-state index contributed by atoms with van der Waals surface area (Å²) in [5.41, 5.74) is 0.465. The second-order valence-corrected chi connectivity index (χ2v) is 11.6. The van der Waals surface area contributed by atoms with Crippen molar-refractivity contribution in [2.24, 2.45) is 0 Å². The van der Waals surface area contributed by atoms with E-state index in [9.17, 15) is 0 Å². The van der Waals surface area contributed by atoms with Gasteiger partial charge in [-0.25, -0.2) is 0 Å². The molecule has 0 aromatic heterocycles. The van der Waals surface area contributed by atoms with Gasteiger partial charge in [0.25, 0.3) is 6.49 Å². The van der Waals surface area contributed by atoms with Gasteiger partial charge in [-0.2, -0.15) is 0 Å². The van der Waals surface area contributed by atoms with Gasteiger partial charge in [0.2, 0.25) is 8.32 Å². The van der Waals surface area contributed by atoms with Crippen molar-refractivity contribution >= 4 is 26.6 Å². The molecule has 0 atom stereocenters. The zero-order valence-electron chi connectivity index (χ0n) is 8.79. The van der Waals surface area contributed by atoms with Crippen LogP contribution in [0.4, 0.5) is 0 Å². The van der Waals surface area contributed by atoms with Crippen LogP contribution in [0.25, 0.3) is 0 Å². The van der Waals surface area contributed by atoms with Crippen molar-refractivity contribution < 1.29 is 13.5 Å². The summed E-state index contributed by atoms with van der Waals surface area (Å²) in [5, 5.41) is 0. The van der Waals surface area contributed by atoms with Crippen LogP contribution in [0.3, 0.4) is 0 Å². The van der Waals surface area contributed by atoms with Crippen LogP contribution in [0.2, 0.25) is 19.6 Å². The van der Waals surface area contributed by atoms with Crippen molar-refractivity contribution in [3.8, 4) is 0 Å². The molecule has 0 bridgehead atoms. The molecule has 3 nitrogen and oxygen atoms in total. The first-order valence-electron chi connectivity index (χ1n) is 3.85. The largest absolute Gasteiger partial charge is 0.541 e. The Morgan fingerprint density at radius 1 is 1.23 bits per heavy atom. The number of hydrogen-bond donors (Lipinski definition) is 0. The summed E-state index contributed by atoms with van der Waals surface area (Å²) in [6.45, 7) is 7.52. The van der Waals surface area contributed by atoms with Gasteiger partial charge in [0.1, 0.15) is 0 Å². The van der Waals surface area contributed by atoms with Crippen LogP contribution >= 0.6 is 6.49 Å². The third-order valence-corrected chi connectivity index (χ3v) is 5.41. The maximum absolute atomic E-state index is 5.62. The van der Waals surface area contributed by atoms with E-state index < -0.39 is 14.8 Å². The van der Waals surface area contributed by atoms with E-state index in [2.05, 4.69) is 26.2 Å². The van der Waals surface area contributed by atoms with E-state index in [-0.39, 0.29) is 0 Å². The van der Waals surface area contributed by atoms with Crippen LogP contribution in [-0.4, -0.2) is 22.5 Å². The van der Waals surface area contributed by atoms with Crippen LogP contribution in [0, 0.1) is 0 Å². The molecule has 0 aliphatic carbocycles. The summed E-state index contributed by atoms with van der Waals surface area (Å²) >= 11 is 5.16. The van der Waals surface area contributed by atoms with Gasteiger partial charge in [0.05, 0.1) is 0 Å². The first kappa shape index (κ1) is 13.3. The molecule has 0 aromatic carbocycles. The molecule has 0 spiro atoms. The normalized spacial score (nSPS) is 12.7. The monoisotopic (exact) mass is 240 g/mol. The van der Waals surface area contributed by atoms with Crippen LogP contribution in [0.15, 0.2) is 12.1 Å². The fourth-order valence-corrected chi connectivity index (χ4v) is 3.55. The van der Waals surface area contributed by atoms with Gasteiger partial charge < -0.3 is 13.5 Å². The fraction of sp³-hybridized carbons (Fsp3) is 0.714. The van der Waals surface area contributed by atoms with Gasteiger partial charge >= 0.3 is 0 Å². The lowest BCUT2D eigenvalue weighted by molar-refractivity contribution is 0.320. The standard InChI is InChI=1S/C7H17O3PSSi/c1-7(10-13(4,5)6)11(12,8-2)9-3/h1H2,2-6H3. The molecule has 0 N–H and O–H groups in total. The molecule has 0 radical (unpaired) electrons. The summed E-state index contributed by atoms with van der Waals surface area (Å²) in [4.78, 5) is 0. The Bertz CT molecular complexity index is 228. The van der Waals surface area contributed by atoms with Crippen LogP contribution in [0.1, 0.15) is 0 Å². The fourth-order valence-electron chi connectivity index (χ4n) is 0.688. The average Bonchev–Trinajstić information content (AvgIpc) is 2.00. The van der Waals surface area contributed by atoms with Crippen LogP contribution < -0.4 is 0 Å². The second-order valence-electron chi connectivity index (χ2n) is 3.47. The lowest BCUT2D eigenvalue weighted by Crippen LogP contribution is -2.24. The molecule has 0 aliphatic heterocycles. The first-order valence-corrected chi connectivity index (χ1v) is 9.90. The van der Waals surface area contributed by atoms with Crippen molar-refractivity contribution in [2.75, 3.05) is 14.2 Å². The van der Waals surface area contributed by atoms with Crippen LogP contribution in [0.5, 0.6) is 0 Å². The van der Waals surface area contributed by atoms with Gasteiger partial charge in [0.15, 0.2) is 5.50 Å². The third-order valence-electron chi connectivity index (χ3n) is 1.21. The molecule has 0 aliphatic rings. The molecule has 0 heterocycles. The molecule has 6 heteroatoms. The van der Waals surface area contributed by atoms with E-state index in [4.69, 9.17) is 25.3 Å². The minimum atomic E-state index is -2.42. The lowest BCUT2D eigenvalue weighted by atomic mass is 11.2. The van der Waals surface area contributed by atoms with Crippen molar-refractivity contribution in [1.29, 1.82) is 0 Å². The average molecular weight is 240 g/mol. The van der Waals surface area contributed by atoms with Crippen LogP contribution in [-0.2, 0) is 25.3 Å². The molecule has 0 saturated heterocycles. The van der Waals surface area contributed by atoms with Crippen molar-refractivity contribution in [3.63, 3.8) is 0 Å². The summed E-state index contributed by atoms with van der Waals surface area (Å²) in [6.07, 6.45) is 0. The maximum Gasteiger partial charge on any atom is 0.251 e. The predicted molar refractivity (Wildman–Crippen MR) is 61.9 cm³/mol. The lowest BCUT2D eigenvalue weighted by Gasteiger charge is -2.26. The molecular formula is C7H17O3PSSi. The summed E-state index contributed by atoms with van der Waals surface area (Å²) < 4.78 is 15.8. The molecule has 0 unspecified atom stereocenters. The molecular weight excluding hydrogens is 223 g/mol.